The first kappa shape index (κ1) is 56.0. The number of likely N-dealkylation sites (tertiary alicyclic amines) is 1. The number of hydrogen-bond donors (Lipinski definition) is 3. The smallest absolute Gasteiger partial charge is 0.310 e. The van der Waals surface area contributed by atoms with Crippen molar-refractivity contribution < 1.29 is 43.3 Å². The van der Waals surface area contributed by atoms with Gasteiger partial charge in [-0.3, -0.25) is 33.5 Å². The van der Waals surface area contributed by atoms with Crippen molar-refractivity contribution in [3.8, 4) is 10.8 Å². The highest BCUT2D eigenvalue weighted by Gasteiger charge is 2.54. The number of hydrogen-bond acceptors (Lipinski definition) is 14. The number of carbonyl (C=O) groups excluding carboxylic acids is 4. The number of fused-ring (bicyclic) bond motifs is 4. The highest BCUT2D eigenvalue weighted by molar-refractivity contribution is 7.15. The molecular formula is C56H67Cl2N11O9S. The number of carboxylic acid groups (broad SMARTS) is 1. The molecule has 79 heavy (non-hydrogen) atoms. The summed E-state index contributed by atoms with van der Waals surface area (Å²) in [5, 5.41) is 35.7. The Morgan fingerprint density at radius 1 is 0.911 bits per heavy atom. The van der Waals surface area contributed by atoms with Crippen molar-refractivity contribution in [1.82, 2.24) is 50.2 Å². The van der Waals surface area contributed by atoms with Gasteiger partial charge in [0.1, 0.15) is 34.9 Å². The molecule has 5 aliphatic rings. The lowest BCUT2D eigenvalue weighted by Gasteiger charge is -2.45. The van der Waals surface area contributed by atoms with E-state index in [1.54, 1.807) is 47.0 Å². The Morgan fingerprint density at radius 3 is 2.42 bits per heavy atom. The largest absolute Gasteiger partial charge is 0.487 e. The van der Waals surface area contributed by atoms with Crippen LogP contribution in [-0.4, -0.2) is 133 Å². The van der Waals surface area contributed by atoms with Crippen LogP contribution in [0.2, 0.25) is 10.0 Å². The molecule has 20 nitrogen and oxygen atoms in total. The van der Waals surface area contributed by atoms with Crippen LogP contribution in [0.25, 0.3) is 5.00 Å². The molecule has 3 fully saturated rings. The Balaban J connectivity index is 0.692. The number of aliphatic carboxylic acids is 1. The number of aryl methyl sites for hydroxylation is 3. The summed E-state index contributed by atoms with van der Waals surface area (Å²) in [4.78, 5) is 77.0. The first-order valence-electron chi connectivity index (χ1n) is 27.1. The van der Waals surface area contributed by atoms with Gasteiger partial charge in [0, 0.05) is 84.2 Å². The Kier molecular flexibility index (Phi) is 16.6. The van der Waals surface area contributed by atoms with Gasteiger partial charge < -0.3 is 39.8 Å². The summed E-state index contributed by atoms with van der Waals surface area (Å²) in [5.41, 5.74) is 5.27. The van der Waals surface area contributed by atoms with Gasteiger partial charge in [0.15, 0.2) is 5.82 Å². The molecule has 0 unspecified atom stereocenters. The van der Waals surface area contributed by atoms with Gasteiger partial charge in [-0.25, -0.2) is 4.68 Å². The lowest BCUT2D eigenvalue weighted by Crippen LogP contribution is -2.52. The molecule has 3 aliphatic heterocycles. The van der Waals surface area contributed by atoms with Crippen molar-refractivity contribution >= 4 is 69.8 Å². The van der Waals surface area contributed by atoms with E-state index >= 15 is 0 Å². The number of ether oxygens (including phenoxy) is 3. The first-order valence-corrected chi connectivity index (χ1v) is 28.7. The van der Waals surface area contributed by atoms with E-state index in [9.17, 15) is 29.1 Å². The average Bonchev–Trinajstić information content (AvgIpc) is 3.87. The molecule has 2 aromatic carbocycles. The zero-order chi connectivity index (χ0) is 55.8. The predicted octanol–water partition coefficient (Wildman–Crippen LogP) is 7.13. The van der Waals surface area contributed by atoms with Crippen LogP contribution in [0.1, 0.15) is 133 Å². The topological polar surface area (TPSA) is 238 Å². The highest BCUT2D eigenvalue weighted by atomic mass is 35.5. The fourth-order valence-electron chi connectivity index (χ4n) is 11.7. The van der Waals surface area contributed by atoms with Crippen molar-refractivity contribution in [3.05, 3.63) is 102 Å². The van der Waals surface area contributed by atoms with Crippen LogP contribution in [0.15, 0.2) is 41.4 Å². The highest BCUT2D eigenvalue weighted by Crippen LogP contribution is 2.54. The first-order chi connectivity index (χ1) is 37.9. The second-order valence-electron chi connectivity index (χ2n) is 21.8. The molecule has 0 radical (unpaired) electrons. The summed E-state index contributed by atoms with van der Waals surface area (Å²) in [7, 11) is 1.75. The van der Waals surface area contributed by atoms with Crippen molar-refractivity contribution in [1.29, 1.82) is 0 Å². The zero-order valence-corrected chi connectivity index (χ0v) is 47.6. The summed E-state index contributed by atoms with van der Waals surface area (Å²) in [6, 6.07) is 9.87. The SMILES string of the molecule is Cc1sc2c(c1C)C(c1ccc(Cl)cc1)=N[C@@H](CC(=O)NCCOCCC(=O)NCCOCc1c(COc3ccc(Cl)c4c3[C@@H](CN3CC5(CC5)CC3=O)N(C(=O)[C@@H]3CCCC[C@]3(C)C(=O)O)CC4)nnn1C)c1nnc(C)n1-2. The van der Waals surface area contributed by atoms with Crippen LogP contribution in [0.4, 0.5) is 0 Å². The number of thiophene rings is 1. The summed E-state index contributed by atoms with van der Waals surface area (Å²) in [6.07, 6.45) is 5.46. The van der Waals surface area contributed by atoms with Crippen LogP contribution in [0.3, 0.4) is 0 Å². The third-order valence-corrected chi connectivity index (χ3v) is 18.4. The normalized spacial score (nSPS) is 21.0. The molecule has 4 amide bonds. The molecule has 3 N–H and O–H groups in total. The molecule has 1 spiro atoms. The van der Waals surface area contributed by atoms with E-state index in [1.165, 1.54) is 0 Å². The van der Waals surface area contributed by atoms with Crippen LogP contribution < -0.4 is 15.4 Å². The number of aromatic nitrogens is 6. The van der Waals surface area contributed by atoms with Gasteiger partial charge in [-0.15, -0.1) is 26.6 Å². The second-order valence-corrected chi connectivity index (χ2v) is 23.9. The molecule has 4 atom stereocenters. The van der Waals surface area contributed by atoms with E-state index in [1.807, 2.05) is 40.7 Å². The van der Waals surface area contributed by atoms with Gasteiger partial charge >= 0.3 is 5.97 Å². The van der Waals surface area contributed by atoms with E-state index in [4.69, 9.17) is 42.4 Å². The second kappa shape index (κ2) is 23.4. The third kappa shape index (κ3) is 11.7. The van der Waals surface area contributed by atoms with Crippen molar-refractivity contribution in [2.24, 2.45) is 28.8 Å². The number of rotatable bonds is 21. The molecule has 6 heterocycles. The van der Waals surface area contributed by atoms with Crippen molar-refractivity contribution in [2.45, 2.75) is 117 Å². The number of benzene rings is 2. The lowest BCUT2D eigenvalue weighted by atomic mass is 9.66. The van der Waals surface area contributed by atoms with Crippen molar-refractivity contribution in [3.63, 3.8) is 0 Å². The zero-order valence-electron chi connectivity index (χ0n) is 45.2. The Bertz CT molecular complexity index is 3190. The van der Waals surface area contributed by atoms with Gasteiger partial charge in [-0.1, -0.05) is 53.4 Å². The molecule has 5 aromatic rings. The molecule has 2 saturated carbocycles. The minimum Gasteiger partial charge on any atom is -0.487 e. The maximum atomic E-state index is 14.7. The molecule has 1 saturated heterocycles. The van der Waals surface area contributed by atoms with Crippen molar-refractivity contribution in [2.75, 3.05) is 52.5 Å². The number of carboxylic acids is 1. The molecule has 23 heteroatoms. The summed E-state index contributed by atoms with van der Waals surface area (Å²) in [5.74, 6) is -0.510. The number of nitrogens with zero attached hydrogens (tertiary/aromatic N) is 9. The minimum atomic E-state index is -1.20. The third-order valence-electron chi connectivity index (χ3n) is 16.6. The number of halogens is 2. The summed E-state index contributed by atoms with van der Waals surface area (Å²) >= 11 is 14.8. The fourth-order valence-corrected chi connectivity index (χ4v) is 13.3. The number of aliphatic imine (C=N–C) groups is 1. The van der Waals surface area contributed by atoms with Crippen LogP contribution in [0.5, 0.6) is 5.75 Å². The van der Waals surface area contributed by atoms with E-state index in [0.717, 1.165) is 63.5 Å². The predicted molar refractivity (Wildman–Crippen MR) is 295 cm³/mol. The van der Waals surface area contributed by atoms with Crippen LogP contribution in [0, 0.1) is 37.5 Å². The molecular weight excluding hydrogens is 1070 g/mol. The summed E-state index contributed by atoms with van der Waals surface area (Å²) < 4.78 is 21.9. The molecule has 3 aromatic heterocycles. The van der Waals surface area contributed by atoms with Gasteiger partial charge in [-0.05, 0) is 101 Å². The van der Waals surface area contributed by atoms with E-state index < -0.39 is 29.4 Å². The van der Waals surface area contributed by atoms with Crippen LogP contribution in [-0.2, 0) is 60.1 Å². The minimum absolute atomic E-state index is 0.00295. The quantitative estimate of drug-likeness (QED) is 0.0621. The van der Waals surface area contributed by atoms with Gasteiger partial charge in [-0.2, -0.15) is 0 Å². The molecule has 0 bridgehead atoms. The fraction of sp³-hybridized carbons (Fsp3) is 0.536. The maximum absolute atomic E-state index is 14.7. The number of nitrogens with one attached hydrogen (secondary N) is 2. The lowest BCUT2D eigenvalue weighted by molar-refractivity contribution is -0.162. The standard InChI is InChI=1S/C56H67Cl2N11O9S/c1-32-33(2)79-53-48(32)50(35-9-11-36(57)12-10-35)61-40(51-64-62-34(3)69(51)53)26-46(71)60-20-24-76-23-16-45(70)59-21-25-77-30-43-41(63-65-66(43)5)29-78-44-14-13-39(58)37-15-22-68(52(73)38-8-6-7-17-55(38,4)54(74)75)42(49(37)44)28-67-31-56(18-19-56)27-47(67)72/h9-14,38,40,42H,6-8,15-31H2,1-5H3,(H,59,70)(H,60,71)(H,74,75)/t38-,40-,42+,55-/m0/s1. The van der Waals surface area contributed by atoms with E-state index in [-0.39, 0.29) is 94.6 Å². The Morgan fingerprint density at radius 2 is 1.67 bits per heavy atom. The van der Waals surface area contributed by atoms with E-state index in [0.29, 0.717) is 83.2 Å². The van der Waals surface area contributed by atoms with E-state index in [2.05, 4.69) is 45.0 Å². The molecule has 10 rings (SSSR count). The Labute approximate surface area is 472 Å². The van der Waals surface area contributed by atoms with Crippen LogP contribution >= 0.6 is 34.5 Å². The molecule has 2 aliphatic carbocycles. The Hall–Kier alpha value is -6.26. The number of amides is 4. The number of carbonyl (C=O) groups is 5. The average molecular weight is 1140 g/mol. The van der Waals surface area contributed by atoms with Gasteiger partial charge in [0.2, 0.25) is 23.6 Å². The summed E-state index contributed by atoms with van der Waals surface area (Å²) in [6.45, 7) is 10.1. The van der Waals surface area contributed by atoms with Gasteiger partial charge in [0.05, 0.1) is 61.6 Å². The molecule has 420 valence electrons. The van der Waals surface area contributed by atoms with Gasteiger partial charge in [0.25, 0.3) is 0 Å². The monoisotopic (exact) mass is 1140 g/mol. The maximum Gasteiger partial charge on any atom is 0.310 e.